The van der Waals surface area contributed by atoms with E-state index >= 15 is 0 Å². The summed E-state index contributed by atoms with van der Waals surface area (Å²) in [6.07, 6.45) is 9.97. The maximum Gasteiger partial charge on any atom is 0.150 e. The molecule has 0 unspecified atom stereocenters. The second-order valence-electron chi connectivity index (χ2n) is 5.20. The highest BCUT2D eigenvalue weighted by atomic mass is 16.1. The van der Waals surface area contributed by atoms with Gasteiger partial charge in [-0.05, 0) is 45.7 Å². The van der Waals surface area contributed by atoms with Crippen molar-refractivity contribution in [1.82, 2.24) is 4.90 Å². The highest BCUT2D eigenvalue weighted by Crippen LogP contribution is 2.36. The fourth-order valence-corrected chi connectivity index (χ4v) is 3.35. The van der Waals surface area contributed by atoms with E-state index in [-0.39, 0.29) is 5.54 Å². The lowest BCUT2D eigenvalue weighted by Gasteiger charge is -2.46. The van der Waals surface area contributed by atoms with Gasteiger partial charge in [0.2, 0.25) is 0 Å². The van der Waals surface area contributed by atoms with Gasteiger partial charge in [-0.3, -0.25) is 9.69 Å². The first-order chi connectivity index (χ1) is 7.26. The zero-order valence-corrected chi connectivity index (χ0v) is 9.93. The average molecular weight is 209 g/mol. The maximum atomic E-state index is 12.0. The fraction of sp³-hybridized carbons (Fsp3) is 0.923. The van der Waals surface area contributed by atoms with Crippen LogP contribution in [0.2, 0.25) is 0 Å². The van der Waals surface area contributed by atoms with Crippen LogP contribution >= 0.6 is 0 Å². The summed E-state index contributed by atoms with van der Waals surface area (Å²) in [4.78, 5) is 14.5. The van der Waals surface area contributed by atoms with E-state index in [0.717, 1.165) is 25.9 Å². The summed E-state index contributed by atoms with van der Waals surface area (Å²) in [5.74, 6) is 0.420. The maximum absolute atomic E-state index is 12.0. The third kappa shape index (κ3) is 2.10. The molecule has 0 spiro atoms. The number of carbonyl (C=O) groups excluding carboxylic acids is 1. The molecule has 2 heteroatoms. The van der Waals surface area contributed by atoms with E-state index in [1.165, 1.54) is 38.5 Å². The number of piperidine rings is 1. The third-order valence-corrected chi connectivity index (χ3v) is 4.30. The summed E-state index contributed by atoms with van der Waals surface area (Å²) in [5, 5.41) is 0. The van der Waals surface area contributed by atoms with Gasteiger partial charge in [0.15, 0.2) is 0 Å². The van der Waals surface area contributed by atoms with Gasteiger partial charge in [0.05, 0.1) is 5.54 Å². The Balaban J connectivity index is 2.12. The summed E-state index contributed by atoms with van der Waals surface area (Å²) in [5.41, 5.74) is -0.0569. The molecule has 1 saturated heterocycles. The Labute approximate surface area is 93.0 Å². The van der Waals surface area contributed by atoms with Crippen molar-refractivity contribution in [3.05, 3.63) is 0 Å². The number of hydrogen-bond donors (Lipinski definition) is 0. The van der Waals surface area contributed by atoms with Gasteiger partial charge < -0.3 is 0 Å². The van der Waals surface area contributed by atoms with E-state index in [0.29, 0.717) is 5.78 Å². The van der Waals surface area contributed by atoms with Gasteiger partial charge in [0, 0.05) is 0 Å². The van der Waals surface area contributed by atoms with Crippen LogP contribution in [0, 0.1) is 0 Å². The molecule has 2 fully saturated rings. The van der Waals surface area contributed by atoms with Gasteiger partial charge in [0.1, 0.15) is 5.78 Å². The molecule has 2 rings (SSSR count). The normalized spacial score (nSPS) is 27.5. The van der Waals surface area contributed by atoms with Crippen molar-refractivity contribution >= 4 is 5.78 Å². The van der Waals surface area contributed by atoms with Crippen molar-refractivity contribution < 1.29 is 4.79 Å². The van der Waals surface area contributed by atoms with Gasteiger partial charge in [-0.2, -0.15) is 0 Å². The van der Waals surface area contributed by atoms with Gasteiger partial charge in [-0.15, -0.1) is 0 Å². The minimum Gasteiger partial charge on any atom is -0.298 e. The first-order valence-corrected chi connectivity index (χ1v) is 6.52. The summed E-state index contributed by atoms with van der Waals surface area (Å²) in [6, 6.07) is 0. The van der Waals surface area contributed by atoms with Crippen molar-refractivity contribution in [3.63, 3.8) is 0 Å². The zero-order chi connectivity index (χ0) is 10.7. The van der Waals surface area contributed by atoms with Gasteiger partial charge in [0.25, 0.3) is 0 Å². The SMILES string of the molecule is CC(=O)C1(N2CCCCC2)CCCCC1. The second kappa shape index (κ2) is 4.65. The minimum atomic E-state index is -0.0569. The highest BCUT2D eigenvalue weighted by molar-refractivity contribution is 5.86. The molecule has 1 aliphatic heterocycles. The molecule has 86 valence electrons. The lowest BCUT2D eigenvalue weighted by molar-refractivity contribution is -0.132. The van der Waals surface area contributed by atoms with Crippen LogP contribution in [0.15, 0.2) is 0 Å². The van der Waals surface area contributed by atoms with E-state index in [1.807, 2.05) is 0 Å². The molecule has 0 radical (unpaired) electrons. The van der Waals surface area contributed by atoms with Crippen LogP contribution in [-0.4, -0.2) is 29.3 Å². The monoisotopic (exact) mass is 209 g/mol. The smallest absolute Gasteiger partial charge is 0.150 e. The first-order valence-electron chi connectivity index (χ1n) is 6.52. The van der Waals surface area contributed by atoms with Crippen LogP contribution in [0.3, 0.4) is 0 Å². The number of hydrogen-bond acceptors (Lipinski definition) is 2. The van der Waals surface area contributed by atoms with Crippen LogP contribution in [-0.2, 0) is 4.79 Å². The van der Waals surface area contributed by atoms with Crippen molar-refractivity contribution in [2.75, 3.05) is 13.1 Å². The standard InChI is InChI=1S/C13H23NO/c1-12(15)13(8-4-2-5-9-13)14-10-6-3-7-11-14/h2-11H2,1H3. The second-order valence-corrected chi connectivity index (χ2v) is 5.20. The molecule has 1 heterocycles. The lowest BCUT2D eigenvalue weighted by atomic mass is 9.77. The van der Waals surface area contributed by atoms with Crippen LogP contribution in [0.4, 0.5) is 0 Å². The fourth-order valence-electron chi connectivity index (χ4n) is 3.35. The van der Waals surface area contributed by atoms with Crippen LogP contribution in [0.25, 0.3) is 0 Å². The van der Waals surface area contributed by atoms with Gasteiger partial charge >= 0.3 is 0 Å². The molecular formula is C13H23NO. The largest absolute Gasteiger partial charge is 0.298 e. The molecule has 2 aliphatic rings. The molecule has 2 nitrogen and oxygen atoms in total. The number of rotatable bonds is 2. The van der Waals surface area contributed by atoms with Crippen LogP contribution in [0.5, 0.6) is 0 Å². The lowest BCUT2D eigenvalue weighted by Crippen LogP contribution is -2.56. The number of likely N-dealkylation sites (tertiary alicyclic amines) is 1. The number of carbonyl (C=O) groups is 1. The zero-order valence-electron chi connectivity index (χ0n) is 9.93. The molecule has 0 aromatic rings. The number of Topliss-reactive ketones (excluding diaryl/α,β-unsaturated/α-hetero) is 1. The van der Waals surface area contributed by atoms with E-state index in [2.05, 4.69) is 4.90 Å². The molecule has 0 N–H and O–H groups in total. The Bertz CT molecular complexity index is 225. The average Bonchev–Trinajstić information content (AvgIpc) is 2.31. The molecule has 0 atom stereocenters. The molecule has 0 aromatic carbocycles. The van der Waals surface area contributed by atoms with Crippen LogP contribution in [0.1, 0.15) is 58.3 Å². The Morgan fingerprint density at radius 3 is 2.00 bits per heavy atom. The van der Waals surface area contributed by atoms with Crippen molar-refractivity contribution in [3.8, 4) is 0 Å². The Morgan fingerprint density at radius 1 is 0.933 bits per heavy atom. The van der Waals surface area contributed by atoms with E-state index in [1.54, 1.807) is 6.92 Å². The Morgan fingerprint density at radius 2 is 1.47 bits per heavy atom. The predicted molar refractivity (Wildman–Crippen MR) is 61.9 cm³/mol. The summed E-state index contributed by atoms with van der Waals surface area (Å²) in [7, 11) is 0. The number of ketones is 1. The molecule has 0 aromatic heterocycles. The van der Waals surface area contributed by atoms with Gasteiger partial charge in [-0.25, -0.2) is 0 Å². The molecular weight excluding hydrogens is 186 g/mol. The van der Waals surface area contributed by atoms with E-state index in [4.69, 9.17) is 0 Å². The molecule has 0 bridgehead atoms. The quantitative estimate of drug-likeness (QED) is 0.697. The van der Waals surface area contributed by atoms with Crippen molar-refractivity contribution in [2.45, 2.75) is 63.8 Å². The highest BCUT2D eigenvalue weighted by Gasteiger charge is 2.42. The van der Waals surface area contributed by atoms with E-state index in [9.17, 15) is 4.79 Å². The summed E-state index contributed by atoms with van der Waals surface area (Å²) < 4.78 is 0. The summed E-state index contributed by atoms with van der Waals surface area (Å²) >= 11 is 0. The predicted octanol–water partition coefficient (Wildman–Crippen LogP) is 2.76. The van der Waals surface area contributed by atoms with Crippen molar-refractivity contribution in [2.24, 2.45) is 0 Å². The van der Waals surface area contributed by atoms with E-state index < -0.39 is 0 Å². The number of nitrogens with zero attached hydrogens (tertiary/aromatic N) is 1. The first kappa shape index (κ1) is 11.1. The molecule has 1 saturated carbocycles. The van der Waals surface area contributed by atoms with Crippen molar-refractivity contribution in [1.29, 1.82) is 0 Å². The third-order valence-electron chi connectivity index (χ3n) is 4.30. The Kier molecular flexibility index (Phi) is 3.45. The minimum absolute atomic E-state index is 0.0569. The van der Waals surface area contributed by atoms with Gasteiger partial charge in [-0.1, -0.05) is 25.7 Å². The summed E-state index contributed by atoms with van der Waals surface area (Å²) in [6.45, 7) is 4.11. The molecule has 1 aliphatic carbocycles. The topological polar surface area (TPSA) is 20.3 Å². The van der Waals surface area contributed by atoms with Crippen LogP contribution < -0.4 is 0 Å². The Hall–Kier alpha value is -0.370. The molecule has 0 amide bonds. The molecule has 15 heavy (non-hydrogen) atoms.